The van der Waals surface area contributed by atoms with E-state index >= 15 is 0 Å². The molecule has 1 heterocycles. The van der Waals surface area contributed by atoms with Gasteiger partial charge in [0.2, 0.25) is 5.82 Å². The summed E-state index contributed by atoms with van der Waals surface area (Å²) >= 11 is 3.09. The highest BCUT2D eigenvalue weighted by Gasteiger charge is 2.17. The molecule has 1 aromatic carbocycles. The number of carbonyl (C=O) groups is 1. The number of benzene rings is 1. The molecular weight excluding hydrogens is 335 g/mol. The van der Waals surface area contributed by atoms with Crippen LogP contribution in [0.2, 0.25) is 0 Å². The van der Waals surface area contributed by atoms with E-state index in [1.54, 1.807) is 0 Å². The van der Waals surface area contributed by atoms with Gasteiger partial charge in [0, 0.05) is 11.6 Å². The molecule has 20 heavy (non-hydrogen) atoms. The minimum atomic E-state index is -1.08. The Bertz CT molecular complexity index is 678. The number of halogens is 2. The fourth-order valence-corrected chi connectivity index (χ4v) is 1.57. The van der Waals surface area contributed by atoms with E-state index in [-0.39, 0.29) is 11.4 Å². The number of anilines is 1. The molecule has 0 saturated heterocycles. The van der Waals surface area contributed by atoms with E-state index < -0.39 is 22.3 Å². The van der Waals surface area contributed by atoms with Gasteiger partial charge in [0.1, 0.15) is 4.60 Å². The number of hydrogen-bond acceptors (Lipinski definition) is 5. The molecule has 2 rings (SSSR count). The van der Waals surface area contributed by atoms with Crippen molar-refractivity contribution in [2.24, 2.45) is 0 Å². The minimum absolute atomic E-state index is 0.0576. The van der Waals surface area contributed by atoms with Gasteiger partial charge in [-0.15, -0.1) is 0 Å². The molecule has 0 spiro atoms. The number of nitrogens with one attached hydrogen (secondary N) is 1. The fourth-order valence-electron chi connectivity index (χ4n) is 1.36. The largest absolute Gasteiger partial charge is 0.305 e. The van der Waals surface area contributed by atoms with Gasteiger partial charge in [0.05, 0.1) is 17.3 Å². The van der Waals surface area contributed by atoms with Gasteiger partial charge in [-0.3, -0.25) is 14.9 Å². The first-order chi connectivity index (χ1) is 9.47. The number of nitro benzene ring substituents is 1. The van der Waals surface area contributed by atoms with Crippen LogP contribution in [0.15, 0.2) is 35.2 Å². The van der Waals surface area contributed by atoms with E-state index in [0.29, 0.717) is 4.60 Å². The molecule has 2 aromatic rings. The normalized spacial score (nSPS) is 10.1. The Balaban J connectivity index is 2.19. The molecule has 1 N–H and O–H groups in total. The first kappa shape index (κ1) is 14.0. The Morgan fingerprint density at radius 1 is 1.35 bits per heavy atom. The van der Waals surface area contributed by atoms with E-state index in [9.17, 15) is 19.3 Å². The average molecular weight is 341 g/mol. The van der Waals surface area contributed by atoms with E-state index in [0.717, 1.165) is 18.2 Å². The standard InChI is InChI=1S/C11H6BrFN4O3/c12-9-4-15-10(5-14-9)16-11(18)6-1-2-8(17(19)20)7(13)3-6/h1-5H,(H,15,16,18). The smallest absolute Gasteiger partial charge is 0.304 e. The van der Waals surface area contributed by atoms with Gasteiger partial charge in [-0.1, -0.05) is 0 Å². The van der Waals surface area contributed by atoms with Crippen molar-refractivity contribution >= 4 is 33.3 Å². The summed E-state index contributed by atoms with van der Waals surface area (Å²) in [6, 6.07) is 2.88. The van der Waals surface area contributed by atoms with Crippen LogP contribution in [-0.2, 0) is 0 Å². The summed E-state index contributed by atoms with van der Waals surface area (Å²) in [5.74, 6) is -1.54. The van der Waals surface area contributed by atoms with Crippen molar-refractivity contribution < 1.29 is 14.1 Å². The molecule has 9 heteroatoms. The van der Waals surface area contributed by atoms with Crippen molar-refractivity contribution in [2.75, 3.05) is 5.32 Å². The average Bonchev–Trinajstić information content (AvgIpc) is 2.40. The molecule has 102 valence electrons. The van der Waals surface area contributed by atoms with Crippen LogP contribution in [-0.4, -0.2) is 20.8 Å². The van der Waals surface area contributed by atoms with E-state index in [2.05, 4.69) is 31.2 Å². The van der Waals surface area contributed by atoms with Gasteiger partial charge in [-0.25, -0.2) is 9.97 Å². The number of amides is 1. The number of hydrogen-bond donors (Lipinski definition) is 1. The molecule has 0 aliphatic rings. The van der Waals surface area contributed by atoms with Crippen LogP contribution in [0.4, 0.5) is 15.9 Å². The Hall–Kier alpha value is -2.42. The number of nitrogens with zero attached hydrogens (tertiary/aromatic N) is 3. The Morgan fingerprint density at radius 3 is 2.65 bits per heavy atom. The highest BCUT2D eigenvalue weighted by atomic mass is 79.9. The van der Waals surface area contributed by atoms with Gasteiger partial charge < -0.3 is 5.32 Å². The third-order valence-corrected chi connectivity index (χ3v) is 2.68. The Labute approximate surface area is 120 Å². The van der Waals surface area contributed by atoms with Crippen LogP contribution in [0, 0.1) is 15.9 Å². The lowest BCUT2D eigenvalue weighted by atomic mass is 10.2. The lowest BCUT2D eigenvalue weighted by Crippen LogP contribution is -2.13. The predicted molar refractivity (Wildman–Crippen MR) is 70.7 cm³/mol. The van der Waals surface area contributed by atoms with Crippen LogP contribution in [0.1, 0.15) is 10.4 Å². The lowest BCUT2D eigenvalue weighted by molar-refractivity contribution is -0.387. The van der Waals surface area contributed by atoms with Crippen LogP contribution in [0.5, 0.6) is 0 Å². The molecule has 0 bridgehead atoms. The molecule has 0 atom stereocenters. The van der Waals surface area contributed by atoms with Gasteiger partial charge in [-0.2, -0.15) is 4.39 Å². The monoisotopic (exact) mass is 340 g/mol. The second-order valence-electron chi connectivity index (χ2n) is 3.60. The zero-order valence-electron chi connectivity index (χ0n) is 9.71. The summed E-state index contributed by atoms with van der Waals surface area (Å²) in [4.78, 5) is 29.1. The van der Waals surface area contributed by atoms with Crippen molar-refractivity contribution in [1.29, 1.82) is 0 Å². The number of aromatic nitrogens is 2. The van der Waals surface area contributed by atoms with Crippen molar-refractivity contribution in [1.82, 2.24) is 9.97 Å². The quantitative estimate of drug-likeness (QED) is 0.683. The summed E-state index contributed by atoms with van der Waals surface area (Å²) < 4.78 is 13.9. The molecule has 0 saturated carbocycles. The third-order valence-electron chi connectivity index (χ3n) is 2.27. The van der Waals surface area contributed by atoms with Gasteiger partial charge >= 0.3 is 5.69 Å². The first-order valence-corrected chi connectivity index (χ1v) is 5.99. The van der Waals surface area contributed by atoms with E-state index in [1.807, 2.05) is 0 Å². The van der Waals surface area contributed by atoms with Crippen LogP contribution in [0.3, 0.4) is 0 Å². The maximum atomic E-state index is 13.4. The molecule has 1 amide bonds. The van der Waals surface area contributed by atoms with Crippen molar-refractivity contribution in [3.8, 4) is 0 Å². The van der Waals surface area contributed by atoms with Crippen molar-refractivity contribution in [3.63, 3.8) is 0 Å². The molecule has 0 unspecified atom stereocenters. The lowest BCUT2D eigenvalue weighted by Gasteiger charge is -2.04. The summed E-state index contributed by atoms with van der Waals surface area (Å²) in [6.45, 7) is 0. The summed E-state index contributed by atoms with van der Waals surface area (Å²) in [6.07, 6.45) is 2.69. The third kappa shape index (κ3) is 3.12. The Kier molecular flexibility index (Phi) is 3.99. The Morgan fingerprint density at radius 2 is 2.10 bits per heavy atom. The zero-order chi connectivity index (χ0) is 14.7. The second kappa shape index (κ2) is 5.70. The number of nitro groups is 1. The highest BCUT2D eigenvalue weighted by molar-refractivity contribution is 9.10. The van der Waals surface area contributed by atoms with Crippen LogP contribution in [0.25, 0.3) is 0 Å². The van der Waals surface area contributed by atoms with Crippen LogP contribution >= 0.6 is 15.9 Å². The SMILES string of the molecule is O=C(Nc1cnc(Br)cn1)c1ccc([N+](=O)[O-])c(F)c1. The summed E-state index contributed by atoms with van der Waals surface area (Å²) in [5.41, 5.74) is -0.747. The molecule has 0 radical (unpaired) electrons. The fraction of sp³-hybridized carbons (Fsp3) is 0. The summed E-state index contributed by atoms with van der Waals surface area (Å²) in [7, 11) is 0. The second-order valence-corrected chi connectivity index (χ2v) is 4.41. The summed E-state index contributed by atoms with van der Waals surface area (Å²) in [5, 5.41) is 12.9. The zero-order valence-corrected chi connectivity index (χ0v) is 11.3. The topological polar surface area (TPSA) is 98.0 Å². The molecule has 0 aliphatic carbocycles. The van der Waals surface area contributed by atoms with E-state index in [1.165, 1.54) is 12.4 Å². The van der Waals surface area contributed by atoms with E-state index in [4.69, 9.17) is 0 Å². The molecule has 1 aromatic heterocycles. The molecular formula is C11H6BrFN4O3. The maximum Gasteiger partial charge on any atom is 0.304 e. The minimum Gasteiger partial charge on any atom is -0.305 e. The molecule has 7 nitrogen and oxygen atoms in total. The van der Waals surface area contributed by atoms with Crippen LogP contribution < -0.4 is 5.32 Å². The molecule has 0 fully saturated rings. The highest BCUT2D eigenvalue weighted by Crippen LogP contribution is 2.18. The maximum absolute atomic E-state index is 13.4. The number of rotatable bonds is 3. The van der Waals surface area contributed by atoms with Crippen molar-refractivity contribution in [2.45, 2.75) is 0 Å². The van der Waals surface area contributed by atoms with Gasteiger partial charge in [0.25, 0.3) is 5.91 Å². The predicted octanol–water partition coefficient (Wildman–Crippen LogP) is 2.54. The number of carbonyl (C=O) groups excluding carboxylic acids is 1. The first-order valence-electron chi connectivity index (χ1n) is 5.20. The van der Waals surface area contributed by atoms with Gasteiger partial charge in [0.15, 0.2) is 5.82 Å². The van der Waals surface area contributed by atoms with Gasteiger partial charge in [-0.05, 0) is 28.1 Å². The molecule has 0 aliphatic heterocycles. The van der Waals surface area contributed by atoms with Crippen molar-refractivity contribution in [3.05, 3.63) is 56.7 Å².